The van der Waals surface area contributed by atoms with Crippen molar-refractivity contribution in [2.45, 2.75) is 6.92 Å². The number of amides is 1. The Morgan fingerprint density at radius 3 is 2.54 bits per heavy atom. The van der Waals surface area contributed by atoms with E-state index in [4.69, 9.17) is 9.47 Å². The maximum atomic E-state index is 12.0. The summed E-state index contributed by atoms with van der Waals surface area (Å²) in [6.07, 6.45) is 3.43. The Morgan fingerprint density at radius 1 is 1.03 bits per heavy atom. The van der Waals surface area contributed by atoms with Crippen LogP contribution < -0.4 is 25.0 Å². The Bertz CT molecular complexity index is 1400. The zero-order chi connectivity index (χ0) is 26.5. The van der Waals surface area contributed by atoms with Crippen molar-refractivity contribution < 1.29 is 14.3 Å². The molecule has 0 aliphatic carbocycles. The van der Waals surface area contributed by atoms with E-state index in [1.165, 1.54) is 6.92 Å². The number of benzene rings is 2. The third-order valence-electron chi connectivity index (χ3n) is 5.80. The fourth-order valence-electron chi connectivity index (χ4n) is 3.87. The van der Waals surface area contributed by atoms with E-state index in [1.54, 1.807) is 37.4 Å². The van der Waals surface area contributed by atoms with Crippen LogP contribution in [-0.4, -0.2) is 79.0 Å². The van der Waals surface area contributed by atoms with Crippen LogP contribution in [0.5, 0.6) is 11.5 Å². The molecule has 0 radical (unpaired) electrons. The van der Waals surface area contributed by atoms with E-state index in [0.717, 1.165) is 35.4 Å². The summed E-state index contributed by atoms with van der Waals surface area (Å²) in [4.78, 5) is 25.2. The van der Waals surface area contributed by atoms with Crippen LogP contribution in [0, 0.1) is 0 Å². The summed E-state index contributed by atoms with van der Waals surface area (Å²) in [5, 5.41) is 11.6. The molecule has 0 aliphatic rings. The molecule has 194 valence electrons. The van der Waals surface area contributed by atoms with Crippen LogP contribution >= 0.6 is 0 Å². The first-order valence-electron chi connectivity index (χ1n) is 11.8. The van der Waals surface area contributed by atoms with Gasteiger partial charge >= 0.3 is 0 Å². The number of fused-ring (bicyclic) bond motifs is 1. The minimum Gasteiger partial charge on any atom is -0.497 e. The second-order valence-electron chi connectivity index (χ2n) is 8.82. The monoisotopic (exact) mass is 504 g/mol. The molecule has 2 heterocycles. The summed E-state index contributed by atoms with van der Waals surface area (Å²) in [6, 6.07) is 11.2. The standard InChI is InChI=1S/C26H32N8O3/c1-17(35)29-20-14-21(24(37-6)15-23(20)33(4)12-11-32(2)3)30-26-27-10-9-25(31-26)34-22-13-19(36-5)8-7-18(22)16-28-34/h7-10,13-16H,11-12H2,1-6H3,(H,29,35)(H,27,30,31). The van der Waals surface area contributed by atoms with Gasteiger partial charge in [0.15, 0.2) is 5.82 Å². The lowest BCUT2D eigenvalue weighted by Crippen LogP contribution is -2.29. The highest BCUT2D eigenvalue weighted by Crippen LogP contribution is 2.38. The fraction of sp³-hybridized carbons (Fsp3) is 0.308. The summed E-state index contributed by atoms with van der Waals surface area (Å²) in [6.45, 7) is 3.10. The van der Waals surface area contributed by atoms with E-state index in [-0.39, 0.29) is 5.91 Å². The van der Waals surface area contributed by atoms with Crippen molar-refractivity contribution in [3.8, 4) is 17.3 Å². The van der Waals surface area contributed by atoms with Gasteiger partial charge in [-0.3, -0.25) is 4.79 Å². The van der Waals surface area contributed by atoms with Gasteiger partial charge in [0.25, 0.3) is 0 Å². The minimum atomic E-state index is -0.169. The molecule has 0 fully saturated rings. The average Bonchev–Trinajstić information content (AvgIpc) is 3.30. The molecule has 4 rings (SSSR count). The van der Waals surface area contributed by atoms with Crippen molar-refractivity contribution in [1.82, 2.24) is 24.6 Å². The van der Waals surface area contributed by atoms with Gasteiger partial charge in [0.1, 0.15) is 11.5 Å². The number of nitrogens with one attached hydrogen (secondary N) is 2. The number of carbonyl (C=O) groups is 1. The molecule has 1 amide bonds. The highest BCUT2D eigenvalue weighted by molar-refractivity contribution is 5.95. The van der Waals surface area contributed by atoms with Gasteiger partial charge in [0.2, 0.25) is 11.9 Å². The average molecular weight is 505 g/mol. The normalized spacial score (nSPS) is 11.0. The molecule has 2 aromatic carbocycles. The summed E-state index contributed by atoms with van der Waals surface area (Å²) >= 11 is 0. The first kappa shape index (κ1) is 25.7. The Hall–Kier alpha value is -4.38. The van der Waals surface area contributed by atoms with Crippen molar-refractivity contribution in [3.63, 3.8) is 0 Å². The quantitative estimate of drug-likeness (QED) is 0.335. The van der Waals surface area contributed by atoms with Crippen LogP contribution in [0.15, 0.2) is 48.8 Å². The molecule has 11 nitrogen and oxygen atoms in total. The number of ether oxygens (including phenoxy) is 2. The summed E-state index contributed by atoms with van der Waals surface area (Å²) in [7, 11) is 9.25. The number of aromatic nitrogens is 4. The van der Waals surface area contributed by atoms with Crippen LogP contribution in [0.2, 0.25) is 0 Å². The number of likely N-dealkylation sites (N-methyl/N-ethyl adjacent to an activating group) is 2. The Balaban J connectivity index is 1.69. The number of nitrogens with zero attached hydrogens (tertiary/aromatic N) is 6. The zero-order valence-corrected chi connectivity index (χ0v) is 21.9. The highest BCUT2D eigenvalue weighted by atomic mass is 16.5. The van der Waals surface area contributed by atoms with Gasteiger partial charge in [-0.2, -0.15) is 10.1 Å². The van der Waals surface area contributed by atoms with Crippen LogP contribution in [0.4, 0.5) is 23.0 Å². The molecule has 0 spiro atoms. The van der Waals surface area contributed by atoms with Gasteiger partial charge in [0, 0.05) is 56.8 Å². The highest BCUT2D eigenvalue weighted by Gasteiger charge is 2.17. The van der Waals surface area contributed by atoms with E-state index in [0.29, 0.717) is 28.9 Å². The lowest BCUT2D eigenvalue weighted by Gasteiger charge is -2.25. The van der Waals surface area contributed by atoms with E-state index < -0.39 is 0 Å². The van der Waals surface area contributed by atoms with Crippen molar-refractivity contribution in [1.29, 1.82) is 0 Å². The Kier molecular flexibility index (Phi) is 7.73. The first-order valence-corrected chi connectivity index (χ1v) is 11.8. The van der Waals surface area contributed by atoms with Crippen molar-refractivity contribution in [2.75, 3.05) is 64.0 Å². The second-order valence-corrected chi connectivity index (χ2v) is 8.82. The molecule has 0 saturated carbocycles. The fourth-order valence-corrected chi connectivity index (χ4v) is 3.87. The van der Waals surface area contributed by atoms with Crippen molar-refractivity contribution >= 4 is 39.8 Å². The van der Waals surface area contributed by atoms with E-state index in [9.17, 15) is 4.79 Å². The molecule has 0 aliphatic heterocycles. The SMILES string of the molecule is COc1ccc2cnn(-c3ccnc(Nc4cc(NC(C)=O)c(N(C)CCN(C)C)cc4OC)n3)c2c1. The number of carbonyl (C=O) groups excluding carboxylic acids is 1. The predicted molar refractivity (Wildman–Crippen MR) is 146 cm³/mol. The lowest BCUT2D eigenvalue weighted by molar-refractivity contribution is -0.114. The Morgan fingerprint density at radius 2 is 1.84 bits per heavy atom. The largest absolute Gasteiger partial charge is 0.497 e. The number of hydrogen-bond donors (Lipinski definition) is 2. The molecular formula is C26H32N8O3. The molecular weight excluding hydrogens is 472 g/mol. The Labute approximate surface area is 216 Å². The predicted octanol–water partition coefficient (Wildman–Crippen LogP) is 3.53. The van der Waals surface area contributed by atoms with Crippen LogP contribution in [0.1, 0.15) is 6.92 Å². The lowest BCUT2D eigenvalue weighted by atomic mass is 10.2. The molecule has 11 heteroatoms. The minimum absolute atomic E-state index is 0.169. The molecule has 0 atom stereocenters. The molecule has 2 aromatic heterocycles. The van der Waals surface area contributed by atoms with Crippen LogP contribution in [-0.2, 0) is 4.79 Å². The smallest absolute Gasteiger partial charge is 0.229 e. The van der Waals surface area contributed by atoms with Crippen molar-refractivity contribution in [2.24, 2.45) is 0 Å². The maximum absolute atomic E-state index is 12.0. The topological polar surface area (TPSA) is 110 Å². The number of anilines is 4. The van der Waals surface area contributed by atoms with Gasteiger partial charge in [0.05, 0.1) is 43.0 Å². The van der Waals surface area contributed by atoms with Gasteiger partial charge in [-0.05, 0) is 32.3 Å². The zero-order valence-electron chi connectivity index (χ0n) is 21.9. The molecule has 4 aromatic rings. The molecule has 0 unspecified atom stereocenters. The number of hydrogen-bond acceptors (Lipinski definition) is 9. The van der Waals surface area contributed by atoms with E-state index in [1.807, 2.05) is 51.5 Å². The number of rotatable bonds is 10. The van der Waals surface area contributed by atoms with Gasteiger partial charge in [-0.15, -0.1) is 0 Å². The van der Waals surface area contributed by atoms with Gasteiger partial charge < -0.3 is 29.9 Å². The van der Waals surface area contributed by atoms with Gasteiger partial charge in [-0.25, -0.2) is 9.67 Å². The third kappa shape index (κ3) is 5.89. The summed E-state index contributed by atoms with van der Waals surface area (Å²) < 4.78 is 12.8. The van der Waals surface area contributed by atoms with Crippen molar-refractivity contribution in [3.05, 3.63) is 48.8 Å². The van der Waals surface area contributed by atoms with E-state index in [2.05, 4.69) is 35.5 Å². The maximum Gasteiger partial charge on any atom is 0.229 e. The third-order valence-corrected chi connectivity index (χ3v) is 5.80. The molecule has 0 bridgehead atoms. The molecule has 37 heavy (non-hydrogen) atoms. The molecule has 0 saturated heterocycles. The molecule has 2 N–H and O–H groups in total. The second kappa shape index (κ2) is 11.1. The summed E-state index contributed by atoms with van der Waals surface area (Å²) in [5.74, 6) is 2.08. The number of methoxy groups -OCH3 is 2. The van der Waals surface area contributed by atoms with E-state index >= 15 is 0 Å². The summed E-state index contributed by atoms with van der Waals surface area (Å²) in [5.41, 5.74) is 2.96. The van der Waals surface area contributed by atoms with Crippen LogP contribution in [0.25, 0.3) is 16.7 Å². The van der Waals surface area contributed by atoms with Gasteiger partial charge in [-0.1, -0.05) is 0 Å². The first-order chi connectivity index (χ1) is 17.8. The van der Waals surface area contributed by atoms with Crippen LogP contribution in [0.3, 0.4) is 0 Å².